The van der Waals surface area contributed by atoms with E-state index in [0.29, 0.717) is 23.0 Å². The van der Waals surface area contributed by atoms with E-state index in [4.69, 9.17) is 17.0 Å². The van der Waals surface area contributed by atoms with Crippen LogP contribution in [0.4, 0.5) is 0 Å². The Morgan fingerprint density at radius 1 is 1.35 bits per heavy atom. The van der Waals surface area contributed by atoms with Gasteiger partial charge in [-0.15, -0.1) is 0 Å². The zero-order chi connectivity index (χ0) is 16.7. The predicted molar refractivity (Wildman–Crippen MR) is 99.0 cm³/mol. The first-order valence-electron chi connectivity index (χ1n) is 6.77. The lowest BCUT2D eigenvalue weighted by Crippen LogP contribution is -2.31. The molecule has 0 heterocycles. The van der Waals surface area contributed by atoms with Crippen LogP contribution in [0.15, 0.2) is 52.0 Å². The molecule has 0 fully saturated rings. The van der Waals surface area contributed by atoms with Crippen molar-refractivity contribution >= 4 is 39.5 Å². The van der Waals surface area contributed by atoms with Gasteiger partial charge in [0, 0.05) is 16.6 Å². The smallest absolute Gasteiger partial charge is 0.187 e. The molecule has 0 amide bonds. The van der Waals surface area contributed by atoms with Crippen LogP contribution in [-0.4, -0.2) is 23.5 Å². The van der Waals surface area contributed by atoms with E-state index in [0.717, 1.165) is 10.0 Å². The minimum Gasteiger partial charge on any atom is -0.504 e. The molecule has 5 nitrogen and oxygen atoms in total. The molecule has 0 aliphatic carbocycles. The van der Waals surface area contributed by atoms with Gasteiger partial charge >= 0.3 is 0 Å². The molecule has 0 aliphatic heterocycles. The molecule has 0 unspecified atom stereocenters. The molecule has 23 heavy (non-hydrogen) atoms. The topological polar surface area (TPSA) is 65.9 Å². The van der Waals surface area contributed by atoms with Gasteiger partial charge in [-0.05, 0) is 45.8 Å². The standard InChI is InChI=1S/C16H16BrN3O2S/c1-22-15-8-13(17)12(7-14(15)21)10-19-20-16(23)18-9-11-5-3-2-4-6-11/h2-8,10,21H,9H2,1H3,(H2,18,20,23)/b19-10-. The number of hydrogen-bond acceptors (Lipinski definition) is 4. The first-order valence-corrected chi connectivity index (χ1v) is 7.97. The molecule has 3 N–H and O–H groups in total. The Kier molecular flexibility index (Phi) is 6.37. The summed E-state index contributed by atoms with van der Waals surface area (Å²) in [6.07, 6.45) is 1.56. The lowest BCUT2D eigenvalue weighted by molar-refractivity contribution is 0.373. The average Bonchev–Trinajstić information content (AvgIpc) is 2.56. The largest absolute Gasteiger partial charge is 0.504 e. The summed E-state index contributed by atoms with van der Waals surface area (Å²) in [6.45, 7) is 0.620. The fourth-order valence-electron chi connectivity index (χ4n) is 1.80. The van der Waals surface area contributed by atoms with Gasteiger partial charge in [0.15, 0.2) is 16.6 Å². The van der Waals surface area contributed by atoms with Crippen molar-refractivity contribution in [3.63, 3.8) is 0 Å². The zero-order valence-electron chi connectivity index (χ0n) is 12.4. The van der Waals surface area contributed by atoms with Crippen LogP contribution in [0.1, 0.15) is 11.1 Å². The molecule has 0 bridgehead atoms. The highest BCUT2D eigenvalue weighted by molar-refractivity contribution is 9.10. The maximum Gasteiger partial charge on any atom is 0.187 e. The van der Waals surface area contributed by atoms with E-state index in [2.05, 4.69) is 31.8 Å². The number of nitrogens with one attached hydrogen (secondary N) is 2. The number of aromatic hydroxyl groups is 1. The normalized spacial score (nSPS) is 10.5. The first-order chi connectivity index (χ1) is 11.1. The summed E-state index contributed by atoms with van der Waals surface area (Å²) in [5.41, 5.74) is 4.56. The minimum atomic E-state index is 0.0435. The molecule has 120 valence electrons. The highest BCUT2D eigenvalue weighted by Crippen LogP contribution is 2.31. The minimum absolute atomic E-state index is 0.0435. The number of ether oxygens (including phenoxy) is 1. The van der Waals surface area contributed by atoms with Crippen molar-refractivity contribution in [2.24, 2.45) is 5.10 Å². The molecule has 0 saturated carbocycles. The summed E-state index contributed by atoms with van der Waals surface area (Å²) in [4.78, 5) is 0. The Morgan fingerprint density at radius 2 is 2.09 bits per heavy atom. The number of hydrazone groups is 1. The third-order valence-corrected chi connectivity index (χ3v) is 3.89. The Balaban J connectivity index is 1.89. The number of nitrogens with zero attached hydrogens (tertiary/aromatic N) is 1. The highest BCUT2D eigenvalue weighted by Gasteiger charge is 2.06. The molecule has 0 aromatic heterocycles. The summed E-state index contributed by atoms with van der Waals surface area (Å²) in [7, 11) is 1.49. The molecule has 7 heteroatoms. The van der Waals surface area contributed by atoms with E-state index in [1.807, 2.05) is 30.3 Å². The second kappa shape index (κ2) is 8.50. The number of hydrogen-bond donors (Lipinski definition) is 3. The summed E-state index contributed by atoms with van der Waals surface area (Å²) in [5.74, 6) is 0.434. The summed E-state index contributed by atoms with van der Waals surface area (Å²) < 4.78 is 5.78. The molecular weight excluding hydrogens is 378 g/mol. The Hall–Kier alpha value is -2.12. The van der Waals surface area contributed by atoms with Gasteiger partial charge in [-0.1, -0.05) is 30.3 Å². The van der Waals surface area contributed by atoms with Crippen molar-refractivity contribution in [2.75, 3.05) is 7.11 Å². The molecule has 0 radical (unpaired) electrons. The Bertz CT molecular complexity index is 708. The third-order valence-electron chi connectivity index (χ3n) is 2.96. The zero-order valence-corrected chi connectivity index (χ0v) is 14.8. The van der Waals surface area contributed by atoms with Crippen LogP contribution in [0.3, 0.4) is 0 Å². The van der Waals surface area contributed by atoms with Crippen LogP contribution >= 0.6 is 28.1 Å². The van der Waals surface area contributed by atoms with Gasteiger partial charge in [0.05, 0.1) is 13.3 Å². The van der Waals surface area contributed by atoms with Crippen LogP contribution < -0.4 is 15.5 Å². The predicted octanol–water partition coefficient (Wildman–Crippen LogP) is 3.16. The first kappa shape index (κ1) is 17.2. The summed E-state index contributed by atoms with van der Waals surface area (Å²) in [6, 6.07) is 13.1. The molecule has 2 aromatic rings. The molecular formula is C16H16BrN3O2S. The van der Waals surface area contributed by atoms with Crippen molar-refractivity contribution in [3.05, 3.63) is 58.1 Å². The number of rotatable bonds is 5. The lowest BCUT2D eigenvalue weighted by atomic mass is 10.2. The van der Waals surface area contributed by atoms with Gasteiger partial charge < -0.3 is 15.2 Å². The van der Waals surface area contributed by atoms with Crippen molar-refractivity contribution in [3.8, 4) is 11.5 Å². The van der Waals surface area contributed by atoms with Gasteiger partial charge in [0.1, 0.15) is 0 Å². The maximum absolute atomic E-state index is 9.77. The number of methoxy groups -OCH3 is 1. The lowest BCUT2D eigenvalue weighted by Gasteiger charge is -2.08. The van der Waals surface area contributed by atoms with E-state index in [9.17, 15) is 5.11 Å². The fraction of sp³-hybridized carbons (Fsp3) is 0.125. The van der Waals surface area contributed by atoms with E-state index < -0.39 is 0 Å². The van der Waals surface area contributed by atoms with E-state index in [1.54, 1.807) is 18.3 Å². The number of benzene rings is 2. The average molecular weight is 394 g/mol. The van der Waals surface area contributed by atoms with Crippen molar-refractivity contribution in [1.82, 2.24) is 10.7 Å². The molecule has 0 spiro atoms. The molecule has 0 aliphatic rings. The van der Waals surface area contributed by atoms with Crippen molar-refractivity contribution in [2.45, 2.75) is 6.54 Å². The number of phenols is 1. The Morgan fingerprint density at radius 3 is 2.78 bits per heavy atom. The van der Waals surface area contributed by atoms with Gasteiger partial charge in [-0.3, -0.25) is 5.43 Å². The van der Waals surface area contributed by atoms with Gasteiger partial charge in [-0.25, -0.2) is 0 Å². The van der Waals surface area contributed by atoms with E-state index >= 15 is 0 Å². The third kappa shape index (κ3) is 5.22. The van der Waals surface area contributed by atoms with Crippen molar-refractivity contribution in [1.29, 1.82) is 0 Å². The van der Waals surface area contributed by atoms with Crippen LogP contribution in [0.2, 0.25) is 0 Å². The maximum atomic E-state index is 9.77. The molecule has 0 atom stereocenters. The second-order valence-corrected chi connectivity index (χ2v) is 5.85. The van der Waals surface area contributed by atoms with Gasteiger partial charge in [-0.2, -0.15) is 5.10 Å². The summed E-state index contributed by atoms with van der Waals surface area (Å²) in [5, 5.41) is 17.3. The SMILES string of the molecule is COc1cc(Br)c(/C=N\NC(=S)NCc2ccccc2)cc1O. The van der Waals surface area contributed by atoms with Crippen LogP contribution in [0, 0.1) is 0 Å². The van der Waals surface area contributed by atoms with Crippen LogP contribution in [-0.2, 0) is 6.54 Å². The number of phenolic OH excluding ortho intramolecular Hbond substituents is 1. The Labute approximate surface area is 148 Å². The quantitative estimate of drug-likeness (QED) is 0.413. The molecule has 0 saturated heterocycles. The van der Waals surface area contributed by atoms with Crippen LogP contribution in [0.5, 0.6) is 11.5 Å². The molecule has 2 rings (SSSR count). The van der Waals surface area contributed by atoms with E-state index in [-0.39, 0.29) is 5.75 Å². The fourth-order valence-corrected chi connectivity index (χ4v) is 2.35. The summed E-state index contributed by atoms with van der Waals surface area (Å²) >= 11 is 8.54. The molecule has 2 aromatic carbocycles. The van der Waals surface area contributed by atoms with Gasteiger partial charge in [0.25, 0.3) is 0 Å². The monoisotopic (exact) mass is 393 g/mol. The number of thiocarbonyl (C=S) groups is 1. The van der Waals surface area contributed by atoms with Crippen LogP contribution in [0.25, 0.3) is 0 Å². The van der Waals surface area contributed by atoms with Gasteiger partial charge in [0.2, 0.25) is 0 Å². The van der Waals surface area contributed by atoms with Crippen molar-refractivity contribution < 1.29 is 9.84 Å². The number of halogens is 1. The highest BCUT2D eigenvalue weighted by atomic mass is 79.9. The second-order valence-electron chi connectivity index (χ2n) is 4.58. The van der Waals surface area contributed by atoms with E-state index in [1.165, 1.54) is 7.11 Å².